The van der Waals surface area contributed by atoms with E-state index >= 15 is 0 Å². The minimum Gasteiger partial charge on any atom is -0.476 e. The van der Waals surface area contributed by atoms with Gasteiger partial charge < -0.3 is 14.0 Å². The monoisotopic (exact) mass is 328 g/mol. The first kappa shape index (κ1) is 17.3. The zero-order chi connectivity index (χ0) is 17.4. The van der Waals surface area contributed by atoms with Crippen LogP contribution in [0.3, 0.4) is 0 Å². The van der Waals surface area contributed by atoms with E-state index in [1.807, 2.05) is 27.7 Å². The van der Waals surface area contributed by atoms with Gasteiger partial charge in [0.05, 0.1) is 17.8 Å². The Morgan fingerprint density at radius 2 is 1.88 bits per heavy atom. The maximum Gasteiger partial charge on any atom is 0.496 e. The predicted octanol–water partition coefficient (Wildman–Crippen LogP) is 2.82. The summed E-state index contributed by atoms with van der Waals surface area (Å²) in [6, 6.07) is 3.94. The lowest BCUT2D eigenvalue weighted by molar-refractivity contribution is 0.00578. The molecule has 0 radical (unpaired) electrons. The summed E-state index contributed by atoms with van der Waals surface area (Å²) in [5, 5.41) is 9.43. The van der Waals surface area contributed by atoms with Crippen LogP contribution < -0.4 is 10.2 Å². The average Bonchev–Trinajstić information content (AvgIpc) is 3.11. The van der Waals surface area contributed by atoms with Crippen molar-refractivity contribution in [3.63, 3.8) is 0 Å². The van der Waals surface area contributed by atoms with E-state index in [0.717, 1.165) is 5.46 Å². The summed E-state index contributed by atoms with van der Waals surface area (Å²) in [4.78, 5) is 4.35. The van der Waals surface area contributed by atoms with E-state index in [2.05, 4.69) is 11.1 Å². The number of pyridine rings is 1. The standard InChI is InChI=1S/C18H25BN2O3/c1-17(2)18(3,4)24-19(23-17)15-9-14(10-20)16(21-11-15)22-12-13-7-5-6-8-13/h9,11,13H,5-8,12H2,1-4H3. The van der Waals surface area contributed by atoms with Crippen LogP contribution in [0.2, 0.25) is 0 Å². The summed E-state index contributed by atoms with van der Waals surface area (Å²) in [5.74, 6) is 0.991. The number of rotatable bonds is 4. The normalized spacial score (nSPS) is 22.5. The molecule has 1 saturated heterocycles. The minimum absolute atomic E-state index is 0.407. The maximum atomic E-state index is 9.43. The SMILES string of the molecule is CC1(C)OB(c2cnc(OCC3CCCC3)c(C#N)c2)OC1(C)C. The molecule has 0 aromatic carbocycles. The minimum atomic E-state index is -0.515. The molecule has 0 amide bonds. The quantitative estimate of drug-likeness (QED) is 0.795. The van der Waals surface area contributed by atoms with Crippen molar-refractivity contribution in [1.29, 1.82) is 5.26 Å². The van der Waals surface area contributed by atoms with Crippen molar-refractivity contribution >= 4 is 12.6 Å². The molecule has 0 atom stereocenters. The summed E-state index contributed by atoms with van der Waals surface area (Å²) in [6.45, 7) is 8.66. The second-order valence-corrected chi connectivity index (χ2v) is 7.78. The van der Waals surface area contributed by atoms with Crippen molar-refractivity contribution in [3.05, 3.63) is 17.8 Å². The number of nitriles is 1. The first-order chi connectivity index (χ1) is 11.3. The van der Waals surface area contributed by atoms with Gasteiger partial charge in [0, 0.05) is 11.7 Å². The van der Waals surface area contributed by atoms with Crippen molar-refractivity contribution in [2.24, 2.45) is 5.92 Å². The van der Waals surface area contributed by atoms with E-state index < -0.39 is 18.3 Å². The Kier molecular flexibility index (Phi) is 4.59. The average molecular weight is 328 g/mol. The highest BCUT2D eigenvalue weighted by Gasteiger charge is 2.51. The zero-order valence-corrected chi connectivity index (χ0v) is 15.0. The Balaban J connectivity index is 1.74. The molecule has 0 bridgehead atoms. The van der Waals surface area contributed by atoms with E-state index in [1.54, 1.807) is 12.3 Å². The number of hydrogen-bond donors (Lipinski definition) is 0. The van der Waals surface area contributed by atoms with Crippen LogP contribution in [-0.2, 0) is 9.31 Å². The first-order valence-electron chi connectivity index (χ1n) is 8.71. The van der Waals surface area contributed by atoms with Gasteiger partial charge in [-0.15, -0.1) is 0 Å². The van der Waals surface area contributed by atoms with Gasteiger partial charge in [-0.25, -0.2) is 4.98 Å². The summed E-state index contributed by atoms with van der Waals surface area (Å²) in [6.07, 6.45) is 6.63. The van der Waals surface area contributed by atoms with Crippen molar-refractivity contribution in [2.75, 3.05) is 6.61 Å². The van der Waals surface area contributed by atoms with Crippen molar-refractivity contribution in [1.82, 2.24) is 4.98 Å². The van der Waals surface area contributed by atoms with Crippen molar-refractivity contribution < 1.29 is 14.0 Å². The molecular formula is C18H25BN2O3. The van der Waals surface area contributed by atoms with Gasteiger partial charge in [0.15, 0.2) is 0 Å². The van der Waals surface area contributed by atoms with Gasteiger partial charge in [0.25, 0.3) is 0 Å². The van der Waals surface area contributed by atoms with Gasteiger partial charge in [-0.2, -0.15) is 5.26 Å². The molecule has 6 heteroatoms. The Labute approximate surface area is 144 Å². The molecule has 1 saturated carbocycles. The topological polar surface area (TPSA) is 64.4 Å². The van der Waals surface area contributed by atoms with Crippen LogP contribution in [0.15, 0.2) is 12.3 Å². The van der Waals surface area contributed by atoms with E-state index in [0.29, 0.717) is 24.0 Å². The largest absolute Gasteiger partial charge is 0.496 e. The van der Waals surface area contributed by atoms with Crippen LogP contribution >= 0.6 is 0 Å². The Hall–Kier alpha value is -1.58. The predicted molar refractivity (Wildman–Crippen MR) is 92.1 cm³/mol. The summed E-state index contributed by atoms with van der Waals surface area (Å²) >= 11 is 0. The third kappa shape index (κ3) is 3.29. The van der Waals surface area contributed by atoms with Crippen LogP contribution in [0.1, 0.15) is 58.9 Å². The van der Waals surface area contributed by atoms with Crippen LogP contribution in [0.4, 0.5) is 0 Å². The number of hydrogen-bond acceptors (Lipinski definition) is 5. The van der Waals surface area contributed by atoms with E-state index in [4.69, 9.17) is 14.0 Å². The lowest BCUT2D eigenvalue weighted by Gasteiger charge is -2.32. The Morgan fingerprint density at radius 3 is 2.46 bits per heavy atom. The van der Waals surface area contributed by atoms with Gasteiger partial charge in [-0.05, 0) is 52.5 Å². The van der Waals surface area contributed by atoms with Gasteiger partial charge in [-0.3, -0.25) is 0 Å². The lowest BCUT2D eigenvalue weighted by Crippen LogP contribution is -2.41. The van der Waals surface area contributed by atoms with Crippen LogP contribution in [0, 0.1) is 17.2 Å². The van der Waals surface area contributed by atoms with Gasteiger partial charge >= 0.3 is 7.12 Å². The maximum absolute atomic E-state index is 9.43. The second kappa shape index (κ2) is 6.38. The molecule has 0 N–H and O–H groups in total. The second-order valence-electron chi connectivity index (χ2n) is 7.78. The molecular weight excluding hydrogens is 303 g/mol. The number of aromatic nitrogens is 1. The molecule has 24 heavy (non-hydrogen) atoms. The Morgan fingerprint density at radius 1 is 1.25 bits per heavy atom. The van der Waals surface area contributed by atoms with Gasteiger partial charge in [0.1, 0.15) is 11.6 Å². The molecule has 0 unspecified atom stereocenters. The summed E-state index contributed by atoms with van der Waals surface area (Å²) in [7, 11) is -0.515. The number of nitrogens with zero attached hydrogens (tertiary/aromatic N) is 2. The smallest absolute Gasteiger partial charge is 0.476 e. The molecule has 2 aliphatic rings. The molecule has 0 spiro atoms. The van der Waals surface area contributed by atoms with Crippen molar-refractivity contribution in [2.45, 2.75) is 64.6 Å². The van der Waals surface area contributed by atoms with Gasteiger partial charge in [-0.1, -0.05) is 12.8 Å². The highest BCUT2D eigenvalue weighted by molar-refractivity contribution is 6.62. The van der Waals surface area contributed by atoms with Crippen LogP contribution in [0.5, 0.6) is 5.88 Å². The molecule has 128 valence electrons. The lowest BCUT2D eigenvalue weighted by atomic mass is 9.80. The van der Waals surface area contributed by atoms with Gasteiger partial charge in [0.2, 0.25) is 5.88 Å². The van der Waals surface area contributed by atoms with Crippen LogP contribution in [-0.4, -0.2) is 29.9 Å². The fraction of sp³-hybridized carbons (Fsp3) is 0.667. The van der Waals surface area contributed by atoms with E-state index in [1.165, 1.54) is 25.7 Å². The molecule has 5 nitrogen and oxygen atoms in total. The zero-order valence-electron chi connectivity index (χ0n) is 15.0. The van der Waals surface area contributed by atoms with E-state index in [9.17, 15) is 5.26 Å². The molecule has 1 aliphatic carbocycles. The molecule has 2 heterocycles. The highest BCUT2D eigenvalue weighted by atomic mass is 16.7. The third-order valence-corrected chi connectivity index (χ3v) is 5.45. The first-order valence-corrected chi connectivity index (χ1v) is 8.71. The fourth-order valence-electron chi connectivity index (χ4n) is 3.15. The summed E-state index contributed by atoms with van der Waals surface area (Å²) in [5.41, 5.74) is 0.350. The van der Waals surface area contributed by atoms with Crippen LogP contribution in [0.25, 0.3) is 0 Å². The molecule has 1 aromatic heterocycles. The molecule has 2 fully saturated rings. The Bertz CT molecular complexity index is 632. The van der Waals surface area contributed by atoms with Crippen molar-refractivity contribution in [3.8, 4) is 11.9 Å². The molecule has 1 aromatic rings. The summed E-state index contributed by atoms with van der Waals surface area (Å²) < 4.78 is 17.8. The fourth-order valence-corrected chi connectivity index (χ4v) is 3.15. The van der Waals surface area contributed by atoms with E-state index in [-0.39, 0.29) is 0 Å². The molecule has 1 aliphatic heterocycles. The molecule has 3 rings (SSSR count). The number of ether oxygens (including phenoxy) is 1. The third-order valence-electron chi connectivity index (χ3n) is 5.45. The highest BCUT2D eigenvalue weighted by Crippen LogP contribution is 2.36.